The Balaban J connectivity index is 2.05. The lowest BCUT2D eigenvalue weighted by Gasteiger charge is -2.25. The lowest BCUT2D eigenvalue weighted by atomic mass is 10.0. The first-order valence-corrected chi connectivity index (χ1v) is 8.66. The van der Waals surface area contributed by atoms with Gasteiger partial charge >= 0.3 is 6.03 Å². The van der Waals surface area contributed by atoms with E-state index in [0.29, 0.717) is 19.6 Å². The first-order valence-electron chi connectivity index (χ1n) is 8.66. The number of aromatic nitrogens is 2. The van der Waals surface area contributed by atoms with Gasteiger partial charge in [-0.2, -0.15) is 5.10 Å². The first-order chi connectivity index (χ1) is 11.3. The van der Waals surface area contributed by atoms with Gasteiger partial charge in [-0.3, -0.25) is 9.48 Å². The zero-order valence-corrected chi connectivity index (χ0v) is 15.4. The highest BCUT2D eigenvalue weighted by atomic mass is 16.2. The Bertz CT molecular complexity index is 610. The third kappa shape index (κ3) is 3.88. The second-order valence-electron chi connectivity index (χ2n) is 6.47. The van der Waals surface area contributed by atoms with Crippen molar-refractivity contribution >= 4 is 11.9 Å². The minimum absolute atomic E-state index is 0.0432. The SMILES string of the molecule is CC[C@@H](NC(=O)N1CCCN(C(C)=O)CC1)c1c(C)nn(C)c1C. The maximum absolute atomic E-state index is 12.7. The summed E-state index contributed by atoms with van der Waals surface area (Å²) in [5.41, 5.74) is 3.15. The lowest BCUT2D eigenvalue weighted by molar-refractivity contribution is -0.128. The molecule has 1 saturated heterocycles. The normalized spacial score (nSPS) is 16.7. The maximum Gasteiger partial charge on any atom is 0.317 e. The van der Waals surface area contributed by atoms with Crippen molar-refractivity contribution in [2.45, 2.75) is 46.6 Å². The fourth-order valence-corrected chi connectivity index (χ4v) is 3.35. The quantitative estimate of drug-likeness (QED) is 0.915. The average molecular weight is 335 g/mol. The fourth-order valence-electron chi connectivity index (χ4n) is 3.35. The van der Waals surface area contributed by atoms with Gasteiger partial charge in [-0.25, -0.2) is 4.79 Å². The molecule has 1 aromatic heterocycles. The molecular weight excluding hydrogens is 306 g/mol. The summed E-state index contributed by atoms with van der Waals surface area (Å²) in [6, 6.07) is -0.103. The smallest absolute Gasteiger partial charge is 0.317 e. The molecule has 1 fully saturated rings. The summed E-state index contributed by atoms with van der Waals surface area (Å²) in [5.74, 6) is 0.0744. The van der Waals surface area contributed by atoms with Gasteiger partial charge in [0.25, 0.3) is 0 Å². The van der Waals surface area contributed by atoms with Crippen LogP contribution in [-0.2, 0) is 11.8 Å². The Hall–Kier alpha value is -2.05. The maximum atomic E-state index is 12.7. The third-order valence-electron chi connectivity index (χ3n) is 4.85. The van der Waals surface area contributed by atoms with Gasteiger partial charge in [0.05, 0.1) is 11.7 Å². The van der Waals surface area contributed by atoms with Crippen LogP contribution in [0.4, 0.5) is 4.79 Å². The largest absolute Gasteiger partial charge is 0.341 e. The molecule has 1 N–H and O–H groups in total. The summed E-state index contributed by atoms with van der Waals surface area (Å²) in [6.45, 7) is 10.2. The molecule has 0 unspecified atom stereocenters. The summed E-state index contributed by atoms with van der Waals surface area (Å²) in [4.78, 5) is 27.8. The fraction of sp³-hybridized carbons (Fsp3) is 0.706. The van der Waals surface area contributed by atoms with E-state index in [0.717, 1.165) is 36.3 Å². The van der Waals surface area contributed by atoms with Crippen LogP contribution in [0.15, 0.2) is 0 Å². The van der Waals surface area contributed by atoms with E-state index < -0.39 is 0 Å². The number of aryl methyl sites for hydroxylation is 2. The van der Waals surface area contributed by atoms with E-state index in [2.05, 4.69) is 17.3 Å². The molecule has 24 heavy (non-hydrogen) atoms. The van der Waals surface area contributed by atoms with Gasteiger partial charge in [-0.1, -0.05) is 6.92 Å². The zero-order chi connectivity index (χ0) is 17.9. The van der Waals surface area contributed by atoms with E-state index in [-0.39, 0.29) is 18.0 Å². The Kier molecular flexibility index (Phi) is 5.85. The highest BCUT2D eigenvalue weighted by molar-refractivity contribution is 5.76. The number of hydrogen-bond donors (Lipinski definition) is 1. The molecule has 1 aromatic rings. The Morgan fingerprint density at radius 1 is 1.17 bits per heavy atom. The van der Waals surface area contributed by atoms with Crippen molar-refractivity contribution in [2.75, 3.05) is 26.2 Å². The Morgan fingerprint density at radius 3 is 2.33 bits per heavy atom. The Morgan fingerprint density at radius 2 is 1.79 bits per heavy atom. The molecule has 0 aliphatic carbocycles. The van der Waals surface area contributed by atoms with Gasteiger partial charge in [0, 0.05) is 51.4 Å². The molecule has 1 aliphatic rings. The molecule has 0 aromatic carbocycles. The van der Waals surface area contributed by atoms with Gasteiger partial charge in [0.1, 0.15) is 0 Å². The molecule has 3 amide bonds. The summed E-state index contributed by atoms with van der Waals surface area (Å²) in [7, 11) is 1.92. The highest BCUT2D eigenvalue weighted by Gasteiger charge is 2.25. The van der Waals surface area contributed by atoms with Crippen LogP contribution in [0.5, 0.6) is 0 Å². The van der Waals surface area contributed by atoms with Crippen LogP contribution < -0.4 is 5.32 Å². The minimum Gasteiger partial charge on any atom is -0.341 e. The number of nitrogens with one attached hydrogen (secondary N) is 1. The van der Waals surface area contributed by atoms with Crippen molar-refractivity contribution in [3.63, 3.8) is 0 Å². The van der Waals surface area contributed by atoms with Crippen molar-refractivity contribution in [1.29, 1.82) is 0 Å². The third-order valence-corrected chi connectivity index (χ3v) is 4.85. The number of carbonyl (C=O) groups excluding carboxylic acids is 2. The van der Waals surface area contributed by atoms with E-state index in [1.54, 1.807) is 11.8 Å². The molecule has 2 rings (SSSR count). The van der Waals surface area contributed by atoms with Crippen LogP contribution in [0.3, 0.4) is 0 Å². The monoisotopic (exact) mass is 335 g/mol. The van der Waals surface area contributed by atoms with Crippen LogP contribution >= 0.6 is 0 Å². The molecule has 1 aliphatic heterocycles. The van der Waals surface area contributed by atoms with Gasteiger partial charge in [0.2, 0.25) is 5.91 Å². The summed E-state index contributed by atoms with van der Waals surface area (Å²) < 4.78 is 1.86. The average Bonchev–Trinajstić information content (AvgIpc) is 2.74. The summed E-state index contributed by atoms with van der Waals surface area (Å²) >= 11 is 0. The number of nitrogens with zero attached hydrogens (tertiary/aromatic N) is 4. The number of rotatable bonds is 3. The topological polar surface area (TPSA) is 70.5 Å². The highest BCUT2D eigenvalue weighted by Crippen LogP contribution is 2.24. The number of urea groups is 1. The van der Waals surface area contributed by atoms with Crippen molar-refractivity contribution < 1.29 is 9.59 Å². The van der Waals surface area contributed by atoms with E-state index in [1.807, 2.05) is 30.5 Å². The molecule has 0 radical (unpaired) electrons. The van der Waals surface area contributed by atoms with Crippen molar-refractivity contribution in [3.05, 3.63) is 17.0 Å². The van der Waals surface area contributed by atoms with E-state index >= 15 is 0 Å². The van der Waals surface area contributed by atoms with Crippen molar-refractivity contribution in [3.8, 4) is 0 Å². The van der Waals surface area contributed by atoms with Crippen molar-refractivity contribution in [1.82, 2.24) is 24.9 Å². The predicted molar refractivity (Wildman–Crippen MR) is 92.7 cm³/mol. The number of hydrogen-bond acceptors (Lipinski definition) is 3. The number of carbonyl (C=O) groups is 2. The molecule has 7 nitrogen and oxygen atoms in total. The predicted octanol–water partition coefficient (Wildman–Crippen LogP) is 1.75. The second kappa shape index (κ2) is 7.68. The lowest BCUT2D eigenvalue weighted by Crippen LogP contribution is -2.43. The molecule has 2 heterocycles. The molecule has 0 saturated carbocycles. The summed E-state index contributed by atoms with van der Waals surface area (Å²) in [5, 5.41) is 7.60. The van der Waals surface area contributed by atoms with Gasteiger partial charge < -0.3 is 15.1 Å². The van der Waals surface area contributed by atoms with Crippen LogP contribution in [0.2, 0.25) is 0 Å². The van der Waals surface area contributed by atoms with Crippen LogP contribution in [0, 0.1) is 13.8 Å². The Labute approximate surface area is 144 Å². The van der Waals surface area contributed by atoms with Crippen LogP contribution in [0.25, 0.3) is 0 Å². The molecule has 7 heteroatoms. The molecule has 0 spiro atoms. The second-order valence-corrected chi connectivity index (χ2v) is 6.47. The van der Waals surface area contributed by atoms with Gasteiger partial charge in [-0.15, -0.1) is 0 Å². The van der Waals surface area contributed by atoms with Crippen LogP contribution in [0.1, 0.15) is 49.7 Å². The number of amides is 3. The molecule has 0 bridgehead atoms. The summed E-state index contributed by atoms with van der Waals surface area (Å²) in [6.07, 6.45) is 1.63. The zero-order valence-electron chi connectivity index (χ0n) is 15.4. The minimum atomic E-state index is -0.0603. The molecular formula is C17H29N5O2. The first kappa shape index (κ1) is 18.3. The van der Waals surface area contributed by atoms with Crippen LogP contribution in [-0.4, -0.2) is 57.7 Å². The van der Waals surface area contributed by atoms with E-state index in [4.69, 9.17) is 0 Å². The molecule has 1 atom stereocenters. The van der Waals surface area contributed by atoms with Gasteiger partial charge in [0.15, 0.2) is 0 Å². The van der Waals surface area contributed by atoms with E-state index in [9.17, 15) is 9.59 Å². The standard InChI is InChI=1S/C17H29N5O2/c1-6-15(16-12(2)19-20(5)13(16)3)18-17(24)22-9-7-8-21(10-11-22)14(4)23/h15H,6-11H2,1-5H3,(H,18,24)/t15-/m1/s1. The van der Waals surface area contributed by atoms with Crippen molar-refractivity contribution in [2.24, 2.45) is 7.05 Å². The molecule has 134 valence electrons. The van der Waals surface area contributed by atoms with Gasteiger partial charge in [-0.05, 0) is 26.7 Å². The van der Waals surface area contributed by atoms with E-state index in [1.165, 1.54) is 0 Å².